The normalized spacial score (nSPS) is 21.0. The Hall–Kier alpha value is -0.930. The quantitative estimate of drug-likeness (QED) is 0.515. The van der Waals surface area contributed by atoms with Gasteiger partial charge in [-0.2, -0.15) is 0 Å². The predicted octanol–water partition coefficient (Wildman–Crippen LogP) is 2.30. The van der Waals surface area contributed by atoms with Gasteiger partial charge in [0.15, 0.2) is 0 Å². The van der Waals surface area contributed by atoms with Gasteiger partial charge in [-0.25, -0.2) is 9.28 Å². The first-order valence-electron chi connectivity index (χ1n) is 3.90. The molecule has 0 aromatic heterocycles. The molecule has 1 aliphatic rings. The summed E-state index contributed by atoms with van der Waals surface area (Å²) in [5.41, 5.74) is 1.84. The van der Waals surface area contributed by atoms with Gasteiger partial charge in [0.2, 0.25) is 0 Å². The van der Waals surface area contributed by atoms with Gasteiger partial charge in [-0.05, 0) is 36.1 Å². The molecule has 1 aromatic rings. The molecule has 1 atom stereocenters. The Labute approximate surface area is 69.5 Å². The van der Waals surface area contributed by atoms with E-state index in [1.165, 1.54) is 12.1 Å². The second-order valence-corrected chi connectivity index (χ2v) is 2.98. The number of benzene rings is 1. The summed E-state index contributed by atoms with van der Waals surface area (Å²) in [5.74, 6) is -0.229. The van der Waals surface area contributed by atoms with Gasteiger partial charge >= 0.3 is 0 Å². The minimum atomic E-state index is -0.263. The Kier molecular flexibility index (Phi) is 1.83. The Morgan fingerprint density at radius 1 is 1.50 bits per heavy atom. The molecule has 0 spiro atoms. The van der Waals surface area contributed by atoms with E-state index in [1.807, 2.05) is 0 Å². The summed E-state index contributed by atoms with van der Waals surface area (Å²) in [6.45, 7) is 0. The summed E-state index contributed by atoms with van der Waals surface area (Å²) in [6.07, 6.45) is 1.24. The van der Waals surface area contributed by atoms with E-state index >= 15 is 0 Å². The zero-order valence-corrected chi connectivity index (χ0v) is 6.46. The lowest BCUT2D eigenvalue weighted by Gasteiger charge is -2.05. The third-order valence-electron chi connectivity index (χ3n) is 2.26. The van der Waals surface area contributed by atoms with Crippen LogP contribution in [0.1, 0.15) is 23.7 Å². The minimum Gasteiger partial charge on any atom is -0.251 e. The van der Waals surface area contributed by atoms with Crippen LogP contribution >= 0.6 is 0 Å². The molecule has 0 amide bonds. The van der Waals surface area contributed by atoms with Gasteiger partial charge in [-0.3, -0.25) is 5.26 Å². The molecule has 1 aliphatic carbocycles. The average molecular weight is 168 g/mol. The third-order valence-corrected chi connectivity index (χ3v) is 2.26. The Morgan fingerprint density at radius 2 is 2.33 bits per heavy atom. The van der Waals surface area contributed by atoms with Crippen molar-refractivity contribution in [2.75, 3.05) is 0 Å². The molecule has 0 bridgehead atoms. The van der Waals surface area contributed by atoms with Crippen molar-refractivity contribution in [3.05, 3.63) is 35.1 Å². The van der Waals surface area contributed by atoms with E-state index in [9.17, 15) is 4.39 Å². The molecule has 1 N–H and O–H groups in total. The molecule has 0 aliphatic heterocycles. The summed E-state index contributed by atoms with van der Waals surface area (Å²) in [6, 6.07) is 4.54. The van der Waals surface area contributed by atoms with Crippen molar-refractivity contribution in [2.24, 2.45) is 0 Å². The molecule has 1 unspecified atom stereocenters. The van der Waals surface area contributed by atoms with Gasteiger partial charge < -0.3 is 0 Å². The Balaban J connectivity index is 2.40. The van der Waals surface area contributed by atoms with Gasteiger partial charge in [0.1, 0.15) is 11.9 Å². The second kappa shape index (κ2) is 2.84. The van der Waals surface area contributed by atoms with Crippen molar-refractivity contribution >= 4 is 0 Å². The number of halogens is 1. The molecular formula is C9H9FO2. The van der Waals surface area contributed by atoms with E-state index in [4.69, 9.17) is 5.26 Å². The van der Waals surface area contributed by atoms with Gasteiger partial charge in [-0.15, -0.1) is 0 Å². The molecule has 2 rings (SSSR count). The molecule has 2 nitrogen and oxygen atoms in total. The number of hydrogen-bond acceptors (Lipinski definition) is 2. The average Bonchev–Trinajstić information content (AvgIpc) is 2.46. The molecule has 0 saturated heterocycles. The fourth-order valence-corrected chi connectivity index (χ4v) is 1.66. The highest BCUT2D eigenvalue weighted by Gasteiger charge is 2.23. The van der Waals surface area contributed by atoms with Crippen LogP contribution in [0.2, 0.25) is 0 Å². The maximum absolute atomic E-state index is 12.7. The summed E-state index contributed by atoms with van der Waals surface area (Å²) in [5, 5.41) is 8.49. The lowest BCUT2D eigenvalue weighted by atomic mass is 10.1. The van der Waals surface area contributed by atoms with Crippen LogP contribution in [0.3, 0.4) is 0 Å². The highest BCUT2D eigenvalue weighted by molar-refractivity contribution is 5.33. The van der Waals surface area contributed by atoms with E-state index < -0.39 is 0 Å². The predicted molar refractivity (Wildman–Crippen MR) is 41.2 cm³/mol. The van der Waals surface area contributed by atoms with Crippen molar-refractivity contribution in [1.82, 2.24) is 0 Å². The molecule has 64 valence electrons. The van der Waals surface area contributed by atoms with Crippen LogP contribution in [0.15, 0.2) is 18.2 Å². The Bertz CT molecular complexity index is 299. The summed E-state index contributed by atoms with van der Waals surface area (Å²) in [4.78, 5) is 4.26. The van der Waals surface area contributed by atoms with Crippen molar-refractivity contribution < 1.29 is 14.5 Å². The van der Waals surface area contributed by atoms with Gasteiger partial charge in [0.25, 0.3) is 0 Å². The zero-order chi connectivity index (χ0) is 8.55. The summed E-state index contributed by atoms with van der Waals surface area (Å²) < 4.78 is 12.7. The number of rotatable bonds is 1. The molecule has 3 heteroatoms. The lowest BCUT2D eigenvalue weighted by molar-refractivity contribution is -0.281. The van der Waals surface area contributed by atoms with Crippen LogP contribution in [0, 0.1) is 5.82 Å². The standard InChI is InChI=1S/C9H9FO2/c10-7-2-3-8-6(5-7)1-4-9(8)12-11/h2-3,5,9,11H,1,4H2. The molecule has 1 aromatic carbocycles. The second-order valence-electron chi connectivity index (χ2n) is 2.98. The number of hydrogen-bond donors (Lipinski definition) is 1. The lowest BCUT2D eigenvalue weighted by Crippen LogP contribution is -1.95. The van der Waals surface area contributed by atoms with E-state index in [0.29, 0.717) is 0 Å². The summed E-state index contributed by atoms with van der Waals surface area (Å²) in [7, 11) is 0. The highest BCUT2D eigenvalue weighted by atomic mass is 19.1. The van der Waals surface area contributed by atoms with Gasteiger partial charge in [0, 0.05) is 0 Å². The van der Waals surface area contributed by atoms with Crippen molar-refractivity contribution in [3.8, 4) is 0 Å². The first-order chi connectivity index (χ1) is 5.81. The molecule has 0 saturated carbocycles. The monoisotopic (exact) mass is 168 g/mol. The molecule has 12 heavy (non-hydrogen) atoms. The minimum absolute atomic E-state index is 0.229. The third kappa shape index (κ3) is 1.11. The van der Waals surface area contributed by atoms with E-state index in [2.05, 4.69) is 4.89 Å². The summed E-state index contributed by atoms with van der Waals surface area (Å²) >= 11 is 0. The first kappa shape index (κ1) is 7.71. The maximum atomic E-state index is 12.7. The fourth-order valence-electron chi connectivity index (χ4n) is 1.66. The van der Waals surface area contributed by atoms with Crippen LogP contribution in [0.25, 0.3) is 0 Å². The molecular weight excluding hydrogens is 159 g/mol. The highest BCUT2D eigenvalue weighted by Crippen LogP contribution is 2.33. The van der Waals surface area contributed by atoms with Crippen LogP contribution < -0.4 is 0 Å². The zero-order valence-electron chi connectivity index (χ0n) is 6.46. The first-order valence-corrected chi connectivity index (χ1v) is 3.90. The van der Waals surface area contributed by atoms with Gasteiger partial charge in [0.05, 0.1) is 0 Å². The van der Waals surface area contributed by atoms with Crippen molar-refractivity contribution in [1.29, 1.82) is 0 Å². The van der Waals surface area contributed by atoms with E-state index in [-0.39, 0.29) is 11.9 Å². The SMILES string of the molecule is OOC1CCc2cc(F)ccc21. The Morgan fingerprint density at radius 3 is 3.08 bits per heavy atom. The van der Waals surface area contributed by atoms with E-state index in [1.54, 1.807) is 6.07 Å². The van der Waals surface area contributed by atoms with Crippen molar-refractivity contribution in [3.63, 3.8) is 0 Å². The topological polar surface area (TPSA) is 29.5 Å². The number of fused-ring (bicyclic) bond motifs is 1. The van der Waals surface area contributed by atoms with E-state index in [0.717, 1.165) is 24.0 Å². The van der Waals surface area contributed by atoms with Crippen LogP contribution in [0.4, 0.5) is 4.39 Å². The smallest absolute Gasteiger partial charge is 0.123 e. The number of aryl methyl sites for hydroxylation is 1. The fraction of sp³-hybridized carbons (Fsp3) is 0.333. The van der Waals surface area contributed by atoms with Crippen LogP contribution in [-0.4, -0.2) is 5.26 Å². The molecule has 0 fully saturated rings. The van der Waals surface area contributed by atoms with Crippen LogP contribution in [-0.2, 0) is 11.3 Å². The molecule has 0 heterocycles. The van der Waals surface area contributed by atoms with Crippen LogP contribution in [0.5, 0.6) is 0 Å². The van der Waals surface area contributed by atoms with Crippen molar-refractivity contribution in [2.45, 2.75) is 18.9 Å². The molecule has 0 radical (unpaired) electrons. The largest absolute Gasteiger partial charge is 0.251 e. The van der Waals surface area contributed by atoms with Gasteiger partial charge in [-0.1, -0.05) is 6.07 Å². The maximum Gasteiger partial charge on any atom is 0.123 e.